The van der Waals surface area contributed by atoms with Gasteiger partial charge in [0.1, 0.15) is 14.0 Å². The van der Waals surface area contributed by atoms with Crippen LogP contribution in [0.15, 0.2) is 18.2 Å². The number of phenolic OH excluding ortho intramolecular Hbond substituents is 1. The van der Waals surface area contributed by atoms with Crippen LogP contribution >= 0.6 is 17.0 Å². The van der Waals surface area contributed by atoms with Crippen LogP contribution in [-0.2, 0) is 26.3 Å². The first-order valence-corrected chi connectivity index (χ1v) is 20.5. The molecule has 1 rings (SSSR count). The number of hydrogen-bond donors (Lipinski definition) is 1. The normalized spacial score (nSPS) is 12.7. The second-order valence-electron chi connectivity index (χ2n) is 8.31. The van der Waals surface area contributed by atoms with E-state index in [2.05, 4.69) is 83.0 Å². The van der Waals surface area contributed by atoms with Crippen LogP contribution in [0.5, 0.6) is 5.75 Å². The molecule has 1 N–H and O–H groups in total. The quantitative estimate of drug-likeness (QED) is 0.609. The zero-order valence-corrected chi connectivity index (χ0v) is 21.9. The van der Waals surface area contributed by atoms with Crippen LogP contribution in [0, 0.1) is 0 Å². The molecule has 23 heavy (non-hydrogen) atoms. The molecule has 2 nitrogen and oxygen atoms in total. The number of para-hydroxylation sites is 1. The maximum atomic E-state index is 10.8. The van der Waals surface area contributed by atoms with Crippen molar-refractivity contribution in [2.24, 2.45) is 0 Å². The summed E-state index contributed by atoms with van der Waals surface area (Å²) in [4.78, 5) is 0. The first kappa shape index (κ1) is 23.9. The third-order valence-corrected chi connectivity index (χ3v) is 13.4. The Balaban J connectivity index is 0.00000149. The fourth-order valence-corrected chi connectivity index (χ4v) is 11.3. The number of benzene rings is 1. The summed E-state index contributed by atoms with van der Waals surface area (Å²) in [5, 5.41) is 12.0. The fraction of sp³-hybridized carbons (Fsp3) is 0.625. The van der Waals surface area contributed by atoms with Gasteiger partial charge in [0.25, 0.3) is 0 Å². The van der Waals surface area contributed by atoms with Gasteiger partial charge in [-0.1, -0.05) is 71.7 Å². The van der Waals surface area contributed by atoms with E-state index in [0.29, 0.717) is 5.75 Å². The Labute approximate surface area is 163 Å². The molecule has 0 bridgehead atoms. The van der Waals surface area contributed by atoms with E-state index in [0.717, 1.165) is 10.8 Å². The van der Waals surface area contributed by atoms with Crippen LogP contribution in [0.3, 0.4) is 0 Å². The van der Waals surface area contributed by atoms with Crippen LogP contribution in [-0.4, -0.2) is 32.9 Å². The van der Waals surface area contributed by atoms with Gasteiger partial charge in [0.15, 0.2) is 8.24 Å². The zero-order valence-electron chi connectivity index (χ0n) is 15.9. The molecule has 0 fully saturated rings. The Morgan fingerprint density at radius 2 is 1.48 bits per heavy atom. The molecule has 132 valence electrons. The summed E-state index contributed by atoms with van der Waals surface area (Å²) >= 11 is -0.826. The molecule has 1 aromatic carbocycles. The van der Waals surface area contributed by atoms with Crippen LogP contribution in [0.4, 0.5) is 0 Å². The van der Waals surface area contributed by atoms with Crippen molar-refractivity contribution in [3.8, 4) is 5.75 Å². The van der Waals surface area contributed by atoms with Crippen molar-refractivity contribution in [2.75, 3.05) is 7.05 Å². The molecular formula is C16H31Cl2NOSi2Zr. The standard InChI is InChI=1S/C16H31NOSi2.2ClH.Zr/c1-16(2,3)13-11-10-12-14(15(13)18)20(8,9)17(4)19(5,6)7;;;/h10-12,18H,1-9H3;2*1H;/q;;;+2/p-2. The number of hydrogen-bond acceptors (Lipinski definition) is 2. The predicted octanol–water partition coefficient (Wildman–Crippen LogP) is 5.25. The average Bonchev–Trinajstić information content (AvgIpc) is 2.36. The molecule has 0 unspecified atom stereocenters. The van der Waals surface area contributed by atoms with Gasteiger partial charge < -0.3 is 9.34 Å². The van der Waals surface area contributed by atoms with Gasteiger partial charge in [-0.05, 0) is 23.2 Å². The van der Waals surface area contributed by atoms with E-state index < -0.39 is 37.3 Å². The molecule has 0 aliphatic rings. The van der Waals surface area contributed by atoms with Crippen molar-refractivity contribution in [3.63, 3.8) is 0 Å². The molecule has 0 aliphatic carbocycles. The Bertz CT molecular complexity index is 514. The number of halogens is 2. The van der Waals surface area contributed by atoms with Crippen molar-refractivity contribution < 1.29 is 26.0 Å². The second-order valence-corrected chi connectivity index (χ2v) is 21.8. The van der Waals surface area contributed by atoms with Crippen molar-refractivity contribution in [1.29, 1.82) is 0 Å². The summed E-state index contributed by atoms with van der Waals surface area (Å²) in [6, 6.07) is 6.27. The van der Waals surface area contributed by atoms with E-state index in [-0.39, 0.29) is 5.41 Å². The molecule has 0 saturated carbocycles. The summed E-state index contributed by atoms with van der Waals surface area (Å²) < 4.78 is 2.58. The van der Waals surface area contributed by atoms with Crippen molar-refractivity contribution >= 4 is 38.7 Å². The van der Waals surface area contributed by atoms with E-state index in [9.17, 15) is 5.11 Å². The molecule has 0 heterocycles. The van der Waals surface area contributed by atoms with Gasteiger partial charge >= 0.3 is 37.9 Å². The second kappa shape index (κ2) is 9.00. The monoisotopic (exact) mass is 469 g/mol. The predicted molar refractivity (Wildman–Crippen MR) is 107 cm³/mol. The van der Waals surface area contributed by atoms with Gasteiger partial charge in [-0.2, -0.15) is 0 Å². The van der Waals surface area contributed by atoms with E-state index in [1.54, 1.807) is 0 Å². The summed E-state index contributed by atoms with van der Waals surface area (Å²) in [5.74, 6) is 0.516. The van der Waals surface area contributed by atoms with Gasteiger partial charge in [-0.25, -0.2) is 0 Å². The van der Waals surface area contributed by atoms with Gasteiger partial charge in [0.2, 0.25) is 0 Å². The number of phenols is 1. The third kappa shape index (κ3) is 6.60. The van der Waals surface area contributed by atoms with Gasteiger partial charge in [-0.15, -0.1) is 0 Å². The Morgan fingerprint density at radius 1 is 1.04 bits per heavy atom. The summed E-state index contributed by atoms with van der Waals surface area (Å²) in [6.45, 7) is 18.2. The van der Waals surface area contributed by atoms with E-state index in [1.165, 1.54) is 0 Å². The summed E-state index contributed by atoms with van der Waals surface area (Å²) in [7, 11) is 8.90. The first-order chi connectivity index (χ1) is 10.2. The van der Waals surface area contributed by atoms with E-state index in [4.69, 9.17) is 17.0 Å². The number of nitrogens with zero attached hydrogens (tertiary/aromatic N) is 1. The molecule has 1 aromatic rings. The maximum absolute atomic E-state index is 10.8. The Hall–Kier alpha value is 0.877. The molecule has 0 saturated heterocycles. The zero-order chi connectivity index (χ0) is 18.6. The number of aromatic hydroxyl groups is 1. The Kier molecular flexibility index (Phi) is 9.34. The SMILES string of the molecule is CN([Si](C)(C)C)[Si](C)(C)c1cccc(C(C)(C)C)c1O.[Cl][Zr][Cl]. The van der Waals surface area contributed by atoms with Crippen molar-refractivity contribution in [3.05, 3.63) is 23.8 Å². The molecular weight excluding hydrogens is 440 g/mol. The molecule has 7 heteroatoms. The third-order valence-electron chi connectivity index (χ3n) is 4.35. The molecule has 0 radical (unpaired) electrons. The Morgan fingerprint density at radius 3 is 1.83 bits per heavy atom. The van der Waals surface area contributed by atoms with Crippen molar-refractivity contribution in [1.82, 2.24) is 4.23 Å². The molecule has 0 atom stereocenters. The molecule has 0 aliphatic heterocycles. The van der Waals surface area contributed by atoms with Crippen molar-refractivity contribution in [2.45, 2.75) is 58.9 Å². The van der Waals surface area contributed by atoms with Crippen LogP contribution < -0.4 is 5.19 Å². The minimum atomic E-state index is -1.83. The summed E-state index contributed by atoms with van der Waals surface area (Å²) in [5.41, 5.74) is 1.03. The average molecular weight is 472 g/mol. The van der Waals surface area contributed by atoms with Gasteiger partial charge in [-0.3, -0.25) is 0 Å². The van der Waals surface area contributed by atoms with Gasteiger partial charge in [0, 0.05) is 0 Å². The van der Waals surface area contributed by atoms with Gasteiger partial charge in [0.05, 0.1) is 0 Å². The van der Waals surface area contributed by atoms with Crippen LogP contribution in [0.25, 0.3) is 0 Å². The first-order valence-electron chi connectivity index (χ1n) is 7.74. The number of rotatable bonds is 3. The van der Waals surface area contributed by atoms with Crippen LogP contribution in [0.1, 0.15) is 26.3 Å². The fourth-order valence-electron chi connectivity index (χ4n) is 2.66. The summed E-state index contributed by atoms with van der Waals surface area (Å²) in [6.07, 6.45) is 0. The molecule has 0 amide bonds. The van der Waals surface area contributed by atoms with E-state index >= 15 is 0 Å². The topological polar surface area (TPSA) is 23.5 Å². The van der Waals surface area contributed by atoms with E-state index in [1.807, 2.05) is 0 Å². The molecule has 0 aromatic heterocycles. The van der Waals surface area contributed by atoms with Crippen LogP contribution in [0.2, 0.25) is 32.7 Å². The molecule has 0 spiro atoms. The minimum absolute atomic E-state index is 0.0255.